The second-order valence-corrected chi connectivity index (χ2v) is 7.78. The first-order valence-electron chi connectivity index (χ1n) is 6.16. The van der Waals surface area contributed by atoms with Gasteiger partial charge in [-0.2, -0.15) is 0 Å². The van der Waals surface area contributed by atoms with Crippen LogP contribution in [0.25, 0.3) is 0 Å². The zero-order valence-corrected chi connectivity index (χ0v) is 13.1. The Bertz CT molecular complexity index is 683. The lowest BCUT2D eigenvalue weighted by Crippen LogP contribution is -2.28. The predicted molar refractivity (Wildman–Crippen MR) is 77.2 cm³/mol. The quantitative estimate of drug-likeness (QED) is 0.891. The van der Waals surface area contributed by atoms with E-state index in [1.165, 1.54) is 6.07 Å². The molecule has 7 heteroatoms. The van der Waals surface area contributed by atoms with Crippen molar-refractivity contribution in [2.45, 2.75) is 38.1 Å². The third-order valence-electron chi connectivity index (χ3n) is 3.61. The van der Waals surface area contributed by atoms with Crippen LogP contribution in [0.3, 0.4) is 0 Å². The van der Waals surface area contributed by atoms with Gasteiger partial charge in [0.15, 0.2) is 0 Å². The summed E-state index contributed by atoms with van der Waals surface area (Å²) in [6.45, 7) is 5.75. The van der Waals surface area contributed by atoms with E-state index in [1.807, 2.05) is 0 Å². The first-order chi connectivity index (χ1) is 9.02. The SMILES string of the molecule is Cc1cc(C(=O)NC2CC2(C)C)cc(S(N)(=O)=O)c1Cl. The molecular weight excluding hydrogens is 300 g/mol. The summed E-state index contributed by atoms with van der Waals surface area (Å²) < 4.78 is 23.0. The molecule has 1 atom stereocenters. The van der Waals surface area contributed by atoms with Crippen LogP contribution in [-0.4, -0.2) is 20.4 Å². The van der Waals surface area contributed by atoms with Crippen LogP contribution in [0.5, 0.6) is 0 Å². The van der Waals surface area contributed by atoms with E-state index < -0.39 is 10.0 Å². The average molecular weight is 317 g/mol. The van der Waals surface area contributed by atoms with Gasteiger partial charge in [0, 0.05) is 11.6 Å². The third kappa shape index (κ3) is 2.97. The number of nitrogens with two attached hydrogens (primary N) is 1. The lowest BCUT2D eigenvalue weighted by Gasteiger charge is -2.10. The molecule has 1 unspecified atom stereocenters. The van der Waals surface area contributed by atoms with Gasteiger partial charge in [-0.1, -0.05) is 25.4 Å². The summed E-state index contributed by atoms with van der Waals surface area (Å²) in [6.07, 6.45) is 0.910. The van der Waals surface area contributed by atoms with Gasteiger partial charge in [-0.05, 0) is 36.5 Å². The van der Waals surface area contributed by atoms with E-state index in [2.05, 4.69) is 19.2 Å². The van der Waals surface area contributed by atoms with Crippen LogP contribution in [0.2, 0.25) is 5.02 Å². The molecule has 3 N–H and O–H groups in total. The van der Waals surface area contributed by atoms with Crippen molar-refractivity contribution in [2.75, 3.05) is 0 Å². The van der Waals surface area contributed by atoms with Crippen molar-refractivity contribution in [1.82, 2.24) is 5.32 Å². The smallest absolute Gasteiger partial charge is 0.251 e. The zero-order valence-electron chi connectivity index (χ0n) is 11.5. The first-order valence-corrected chi connectivity index (χ1v) is 8.08. The minimum absolute atomic E-state index is 0.0517. The first kappa shape index (κ1) is 15.3. The van der Waals surface area contributed by atoms with Crippen molar-refractivity contribution in [3.63, 3.8) is 0 Å². The number of sulfonamides is 1. The maximum Gasteiger partial charge on any atom is 0.251 e. The molecule has 20 heavy (non-hydrogen) atoms. The molecule has 1 aromatic carbocycles. The van der Waals surface area contributed by atoms with Crippen molar-refractivity contribution in [3.8, 4) is 0 Å². The largest absolute Gasteiger partial charge is 0.349 e. The Hall–Kier alpha value is -1.11. The van der Waals surface area contributed by atoms with E-state index in [-0.39, 0.29) is 32.8 Å². The lowest BCUT2D eigenvalue weighted by atomic mass is 10.1. The Morgan fingerprint density at radius 3 is 2.45 bits per heavy atom. The molecule has 1 aliphatic carbocycles. The van der Waals surface area contributed by atoms with Crippen molar-refractivity contribution in [1.29, 1.82) is 0 Å². The van der Waals surface area contributed by atoms with Gasteiger partial charge in [0.05, 0.1) is 5.02 Å². The topological polar surface area (TPSA) is 89.3 Å². The Labute approximate surface area is 123 Å². The van der Waals surface area contributed by atoms with Gasteiger partial charge in [0.25, 0.3) is 5.91 Å². The summed E-state index contributed by atoms with van der Waals surface area (Å²) >= 11 is 5.93. The van der Waals surface area contributed by atoms with Crippen LogP contribution in [0.4, 0.5) is 0 Å². The van der Waals surface area contributed by atoms with Crippen LogP contribution in [-0.2, 0) is 10.0 Å². The molecular formula is C13H17ClN2O3S. The highest BCUT2D eigenvalue weighted by Crippen LogP contribution is 2.44. The van der Waals surface area contributed by atoms with E-state index >= 15 is 0 Å². The van der Waals surface area contributed by atoms with Crippen LogP contribution >= 0.6 is 11.6 Å². The monoisotopic (exact) mass is 316 g/mol. The Balaban J connectivity index is 2.34. The molecule has 0 aliphatic heterocycles. The highest BCUT2D eigenvalue weighted by molar-refractivity contribution is 7.89. The van der Waals surface area contributed by atoms with Crippen molar-refractivity contribution >= 4 is 27.5 Å². The summed E-state index contributed by atoms with van der Waals surface area (Å²) in [4.78, 5) is 11.9. The fourth-order valence-electron chi connectivity index (χ4n) is 2.03. The van der Waals surface area contributed by atoms with E-state index in [0.29, 0.717) is 5.56 Å². The van der Waals surface area contributed by atoms with E-state index in [9.17, 15) is 13.2 Å². The molecule has 1 aliphatic rings. The maximum atomic E-state index is 12.1. The Morgan fingerprint density at radius 2 is 2.00 bits per heavy atom. The van der Waals surface area contributed by atoms with Crippen molar-refractivity contribution < 1.29 is 13.2 Å². The van der Waals surface area contributed by atoms with Crippen molar-refractivity contribution in [2.24, 2.45) is 10.6 Å². The van der Waals surface area contributed by atoms with Gasteiger partial charge in [0.2, 0.25) is 10.0 Å². The number of amides is 1. The van der Waals surface area contributed by atoms with Gasteiger partial charge < -0.3 is 5.32 Å². The number of rotatable bonds is 3. The zero-order chi connectivity index (χ0) is 15.3. The molecule has 0 aromatic heterocycles. The number of primary sulfonamides is 1. The summed E-state index contributed by atoms with van der Waals surface area (Å²) in [7, 11) is -3.96. The molecule has 5 nitrogen and oxygen atoms in total. The minimum Gasteiger partial charge on any atom is -0.349 e. The standard InChI is InChI=1S/C13H17ClN2O3S/c1-7-4-8(5-9(11(7)14)20(15,18)19)12(17)16-10-6-13(10,2)3/h4-5,10H,6H2,1-3H3,(H,16,17)(H2,15,18,19). The second kappa shape index (κ2) is 4.72. The Kier molecular flexibility index (Phi) is 3.60. The van der Waals surface area contributed by atoms with E-state index in [0.717, 1.165) is 6.42 Å². The fraction of sp³-hybridized carbons (Fsp3) is 0.462. The second-order valence-electron chi connectivity index (χ2n) is 5.87. The average Bonchev–Trinajstić information content (AvgIpc) is 2.87. The van der Waals surface area contributed by atoms with E-state index in [1.54, 1.807) is 13.0 Å². The lowest BCUT2D eigenvalue weighted by molar-refractivity contribution is 0.0946. The molecule has 0 radical (unpaired) electrons. The molecule has 110 valence electrons. The molecule has 0 saturated heterocycles. The number of hydrogen-bond acceptors (Lipinski definition) is 3. The molecule has 1 aromatic rings. The highest BCUT2D eigenvalue weighted by atomic mass is 35.5. The van der Waals surface area contributed by atoms with E-state index in [4.69, 9.17) is 16.7 Å². The van der Waals surface area contributed by atoms with Gasteiger partial charge in [-0.15, -0.1) is 0 Å². The molecule has 2 rings (SSSR count). The molecule has 0 spiro atoms. The molecule has 0 heterocycles. The number of hydrogen-bond donors (Lipinski definition) is 2. The van der Waals surface area contributed by atoms with Gasteiger partial charge in [0.1, 0.15) is 4.90 Å². The number of carbonyl (C=O) groups is 1. The van der Waals surface area contributed by atoms with Gasteiger partial charge >= 0.3 is 0 Å². The maximum absolute atomic E-state index is 12.1. The highest BCUT2D eigenvalue weighted by Gasteiger charge is 2.46. The summed E-state index contributed by atoms with van der Waals surface area (Å²) in [6, 6.07) is 2.89. The van der Waals surface area contributed by atoms with Crippen molar-refractivity contribution in [3.05, 3.63) is 28.3 Å². The van der Waals surface area contributed by atoms with Crippen LogP contribution in [0.1, 0.15) is 36.2 Å². The van der Waals surface area contributed by atoms with Gasteiger partial charge in [-0.3, -0.25) is 4.79 Å². The molecule has 1 saturated carbocycles. The number of aryl methyl sites for hydroxylation is 1. The fourth-order valence-corrected chi connectivity index (χ4v) is 3.16. The van der Waals surface area contributed by atoms with Crippen LogP contribution in [0, 0.1) is 12.3 Å². The molecule has 0 bridgehead atoms. The molecule has 1 amide bonds. The number of benzene rings is 1. The molecule has 1 fully saturated rings. The normalized spacial score (nSPS) is 20.6. The third-order valence-corrected chi connectivity index (χ3v) is 5.16. The number of carbonyl (C=O) groups excluding carboxylic acids is 1. The van der Waals surface area contributed by atoms with Crippen LogP contribution < -0.4 is 10.5 Å². The predicted octanol–water partition coefficient (Wildman–Crippen LogP) is 1.82. The Morgan fingerprint density at radius 1 is 1.45 bits per heavy atom. The summed E-state index contributed by atoms with van der Waals surface area (Å²) in [5.74, 6) is -0.315. The van der Waals surface area contributed by atoms with Crippen LogP contribution in [0.15, 0.2) is 17.0 Å². The summed E-state index contributed by atoms with van der Waals surface area (Å²) in [5, 5.41) is 8.03. The minimum atomic E-state index is -3.96. The summed E-state index contributed by atoms with van der Waals surface area (Å²) in [5.41, 5.74) is 0.844. The van der Waals surface area contributed by atoms with Gasteiger partial charge in [-0.25, -0.2) is 13.6 Å². The number of nitrogens with one attached hydrogen (secondary N) is 1. The number of halogens is 1.